The van der Waals surface area contributed by atoms with Crippen LogP contribution in [0.3, 0.4) is 0 Å². The molecule has 0 unspecified atom stereocenters. The molecule has 0 aliphatic rings. The van der Waals surface area contributed by atoms with Gasteiger partial charge in [-0.15, -0.1) is 0 Å². The molecular formula is C13H15N3O5. The van der Waals surface area contributed by atoms with Crippen LogP contribution in [-0.2, 0) is 9.59 Å². The maximum Gasteiger partial charge on any atom is 0.322 e. The fraction of sp³-hybridized carbons (Fsp3) is 0.231. The Morgan fingerprint density at radius 3 is 2.33 bits per heavy atom. The second-order valence-electron chi connectivity index (χ2n) is 4.13. The summed E-state index contributed by atoms with van der Waals surface area (Å²) in [5.41, 5.74) is 0.302. The van der Waals surface area contributed by atoms with Crippen molar-refractivity contribution < 1.29 is 24.3 Å². The number of carboxylic acids is 1. The Hall–Kier alpha value is -2.90. The lowest BCUT2D eigenvalue weighted by atomic mass is 10.2. The molecule has 21 heavy (non-hydrogen) atoms. The molecule has 1 atom stereocenters. The number of imide groups is 1. The molecule has 0 aliphatic heterocycles. The van der Waals surface area contributed by atoms with E-state index in [9.17, 15) is 19.2 Å². The van der Waals surface area contributed by atoms with E-state index < -0.39 is 36.4 Å². The Balaban J connectivity index is 2.44. The zero-order valence-electron chi connectivity index (χ0n) is 11.3. The Morgan fingerprint density at radius 1 is 1.14 bits per heavy atom. The van der Waals surface area contributed by atoms with E-state index in [-0.39, 0.29) is 0 Å². The van der Waals surface area contributed by atoms with Crippen LogP contribution in [0.1, 0.15) is 17.3 Å². The maximum absolute atomic E-state index is 11.7. The Morgan fingerprint density at radius 2 is 1.76 bits per heavy atom. The monoisotopic (exact) mass is 293 g/mol. The second kappa shape index (κ2) is 7.63. The summed E-state index contributed by atoms with van der Waals surface area (Å²) in [6.45, 7) is 0.819. The van der Waals surface area contributed by atoms with Crippen molar-refractivity contribution in [3.63, 3.8) is 0 Å². The third-order valence-electron chi connectivity index (χ3n) is 2.42. The van der Waals surface area contributed by atoms with Crippen LogP contribution in [0.4, 0.5) is 4.79 Å². The average molecular weight is 293 g/mol. The number of aliphatic carboxylic acids is 1. The lowest BCUT2D eigenvalue weighted by molar-refractivity contribution is -0.138. The van der Waals surface area contributed by atoms with Gasteiger partial charge in [-0.05, 0) is 19.1 Å². The molecule has 0 aliphatic carbocycles. The number of benzene rings is 1. The Labute approximate surface area is 120 Å². The van der Waals surface area contributed by atoms with Crippen molar-refractivity contribution in [3.05, 3.63) is 35.9 Å². The van der Waals surface area contributed by atoms with Gasteiger partial charge in [0.25, 0.3) is 5.91 Å². The number of urea groups is 1. The second-order valence-corrected chi connectivity index (χ2v) is 4.13. The van der Waals surface area contributed by atoms with Gasteiger partial charge in [-0.3, -0.25) is 19.7 Å². The summed E-state index contributed by atoms with van der Waals surface area (Å²) in [5, 5.41) is 14.8. The van der Waals surface area contributed by atoms with Crippen molar-refractivity contribution in [2.75, 3.05) is 6.54 Å². The smallest absolute Gasteiger partial charge is 0.322 e. The lowest BCUT2D eigenvalue weighted by Gasteiger charge is -2.13. The van der Waals surface area contributed by atoms with Gasteiger partial charge in [0.05, 0.1) is 0 Å². The molecule has 0 saturated carbocycles. The summed E-state index contributed by atoms with van der Waals surface area (Å²) >= 11 is 0. The van der Waals surface area contributed by atoms with Crippen LogP contribution in [0.25, 0.3) is 0 Å². The third-order valence-corrected chi connectivity index (χ3v) is 2.42. The number of amides is 4. The molecule has 0 radical (unpaired) electrons. The van der Waals surface area contributed by atoms with Gasteiger partial charge < -0.3 is 15.7 Å². The van der Waals surface area contributed by atoms with Crippen LogP contribution >= 0.6 is 0 Å². The number of rotatable bonds is 5. The van der Waals surface area contributed by atoms with E-state index in [1.807, 2.05) is 0 Å². The van der Waals surface area contributed by atoms with Crippen molar-refractivity contribution >= 4 is 23.8 Å². The van der Waals surface area contributed by atoms with Crippen LogP contribution in [0, 0.1) is 0 Å². The van der Waals surface area contributed by atoms with Gasteiger partial charge >= 0.3 is 12.0 Å². The molecule has 0 heterocycles. The van der Waals surface area contributed by atoms with Crippen molar-refractivity contribution in [3.8, 4) is 0 Å². The van der Waals surface area contributed by atoms with E-state index in [4.69, 9.17) is 5.11 Å². The van der Waals surface area contributed by atoms with Gasteiger partial charge in [0.2, 0.25) is 5.91 Å². The fourth-order valence-electron chi connectivity index (χ4n) is 1.38. The van der Waals surface area contributed by atoms with E-state index in [2.05, 4.69) is 16.0 Å². The van der Waals surface area contributed by atoms with Crippen molar-refractivity contribution in [2.24, 2.45) is 0 Å². The SMILES string of the molecule is C[C@@H](NC(=O)NC(=O)c1ccccc1)C(=O)NCC(=O)O. The van der Waals surface area contributed by atoms with E-state index >= 15 is 0 Å². The fourth-order valence-corrected chi connectivity index (χ4v) is 1.38. The molecule has 4 N–H and O–H groups in total. The van der Waals surface area contributed by atoms with E-state index in [0.717, 1.165) is 0 Å². The van der Waals surface area contributed by atoms with E-state index in [0.29, 0.717) is 5.56 Å². The highest BCUT2D eigenvalue weighted by Crippen LogP contribution is 1.97. The van der Waals surface area contributed by atoms with Gasteiger partial charge in [-0.25, -0.2) is 4.79 Å². The minimum atomic E-state index is -1.20. The van der Waals surface area contributed by atoms with Crippen molar-refractivity contribution in [2.45, 2.75) is 13.0 Å². The first kappa shape index (κ1) is 16.2. The first-order chi connectivity index (χ1) is 9.90. The first-order valence-corrected chi connectivity index (χ1v) is 6.06. The molecule has 8 heteroatoms. The van der Waals surface area contributed by atoms with Crippen molar-refractivity contribution in [1.29, 1.82) is 0 Å². The molecule has 1 aromatic carbocycles. The summed E-state index contributed by atoms with van der Waals surface area (Å²) < 4.78 is 0. The molecule has 4 amide bonds. The van der Waals surface area contributed by atoms with E-state index in [1.54, 1.807) is 18.2 Å². The average Bonchev–Trinajstić information content (AvgIpc) is 2.45. The Bertz CT molecular complexity index is 544. The maximum atomic E-state index is 11.7. The molecule has 1 rings (SSSR count). The van der Waals surface area contributed by atoms with Crippen LogP contribution in [0.2, 0.25) is 0 Å². The van der Waals surface area contributed by atoms with Crippen LogP contribution < -0.4 is 16.0 Å². The molecule has 0 bridgehead atoms. The predicted molar refractivity (Wildman–Crippen MR) is 72.5 cm³/mol. The highest BCUT2D eigenvalue weighted by Gasteiger charge is 2.17. The molecule has 112 valence electrons. The number of nitrogens with one attached hydrogen (secondary N) is 3. The van der Waals surface area contributed by atoms with E-state index in [1.165, 1.54) is 19.1 Å². The zero-order valence-corrected chi connectivity index (χ0v) is 11.3. The lowest BCUT2D eigenvalue weighted by Crippen LogP contribution is -2.50. The van der Waals surface area contributed by atoms with Crippen molar-refractivity contribution in [1.82, 2.24) is 16.0 Å². The molecular weight excluding hydrogens is 278 g/mol. The first-order valence-electron chi connectivity index (χ1n) is 6.06. The minimum absolute atomic E-state index is 0.302. The molecule has 0 saturated heterocycles. The predicted octanol–water partition coefficient (Wildman–Crippen LogP) is -0.285. The summed E-state index contributed by atoms with van der Waals surface area (Å²) in [5.74, 6) is -2.47. The third kappa shape index (κ3) is 5.72. The summed E-state index contributed by atoms with van der Waals surface area (Å²) in [4.78, 5) is 44.9. The standard InChI is InChI=1S/C13H15N3O5/c1-8(11(19)14-7-10(17)18)15-13(21)16-12(20)9-5-3-2-4-6-9/h2-6,8H,7H2,1H3,(H,14,19)(H,17,18)(H2,15,16,20,21)/t8-/m1/s1. The summed E-state index contributed by atoms with van der Waals surface area (Å²) in [7, 11) is 0. The number of hydrogen-bond donors (Lipinski definition) is 4. The molecule has 8 nitrogen and oxygen atoms in total. The van der Waals surface area contributed by atoms with Crippen LogP contribution in [0.5, 0.6) is 0 Å². The Kier molecular flexibility index (Phi) is 5.87. The van der Waals surface area contributed by atoms with Gasteiger partial charge in [-0.2, -0.15) is 0 Å². The number of carbonyl (C=O) groups excluding carboxylic acids is 3. The highest BCUT2D eigenvalue weighted by atomic mass is 16.4. The molecule has 1 aromatic rings. The number of carbonyl (C=O) groups is 4. The summed E-state index contributed by atoms with van der Waals surface area (Å²) in [6.07, 6.45) is 0. The largest absolute Gasteiger partial charge is 0.480 e. The topological polar surface area (TPSA) is 125 Å². The number of hydrogen-bond acceptors (Lipinski definition) is 4. The minimum Gasteiger partial charge on any atom is -0.480 e. The number of carboxylic acid groups (broad SMARTS) is 1. The van der Waals surface area contributed by atoms with Gasteiger partial charge in [-0.1, -0.05) is 18.2 Å². The molecule has 0 aromatic heterocycles. The molecule has 0 spiro atoms. The van der Waals surface area contributed by atoms with Gasteiger partial charge in [0, 0.05) is 5.56 Å². The van der Waals surface area contributed by atoms with Crippen LogP contribution in [0.15, 0.2) is 30.3 Å². The zero-order chi connectivity index (χ0) is 15.8. The quantitative estimate of drug-likeness (QED) is 0.594. The summed E-state index contributed by atoms with van der Waals surface area (Å²) in [6, 6.07) is 6.27. The van der Waals surface area contributed by atoms with Gasteiger partial charge in [0.15, 0.2) is 0 Å². The normalized spacial score (nSPS) is 11.1. The van der Waals surface area contributed by atoms with Gasteiger partial charge in [0.1, 0.15) is 12.6 Å². The van der Waals surface area contributed by atoms with Crippen LogP contribution in [-0.4, -0.2) is 41.5 Å². The highest BCUT2D eigenvalue weighted by molar-refractivity contribution is 6.04. The molecule has 0 fully saturated rings.